The van der Waals surface area contributed by atoms with Crippen molar-refractivity contribution in [2.45, 2.75) is 18.2 Å². The summed E-state index contributed by atoms with van der Waals surface area (Å²) in [6.07, 6.45) is 3.53. The molecular formula is C9H18BrNS. The second kappa shape index (κ2) is 5.51. The van der Waals surface area contributed by atoms with E-state index in [2.05, 4.69) is 34.0 Å². The lowest BCUT2D eigenvalue weighted by Gasteiger charge is -2.33. The number of halogens is 1. The van der Waals surface area contributed by atoms with Crippen LogP contribution in [0, 0.1) is 5.92 Å². The minimum absolute atomic E-state index is 0.716. The van der Waals surface area contributed by atoms with E-state index in [-0.39, 0.29) is 0 Å². The van der Waals surface area contributed by atoms with Gasteiger partial charge < -0.3 is 4.90 Å². The van der Waals surface area contributed by atoms with Crippen molar-refractivity contribution in [2.24, 2.45) is 5.92 Å². The summed E-state index contributed by atoms with van der Waals surface area (Å²) in [5.41, 5.74) is 0. The minimum Gasteiger partial charge on any atom is -0.301 e. The number of piperidine rings is 1. The summed E-state index contributed by atoms with van der Waals surface area (Å²) in [6, 6.07) is 0. The lowest BCUT2D eigenvalue weighted by atomic mass is 9.99. The monoisotopic (exact) mass is 251 g/mol. The highest BCUT2D eigenvalue weighted by Crippen LogP contribution is 2.23. The molecule has 12 heavy (non-hydrogen) atoms. The number of hydrogen-bond donors (Lipinski definition) is 0. The molecule has 0 spiro atoms. The molecule has 0 aliphatic carbocycles. The van der Waals surface area contributed by atoms with Gasteiger partial charge in [-0.1, -0.05) is 22.9 Å². The van der Waals surface area contributed by atoms with E-state index in [1.54, 1.807) is 0 Å². The molecular weight excluding hydrogens is 234 g/mol. The zero-order chi connectivity index (χ0) is 8.97. The first-order valence-corrected chi connectivity index (χ1v) is 6.90. The molecule has 1 nitrogen and oxygen atoms in total. The Morgan fingerprint density at radius 1 is 1.58 bits per heavy atom. The Morgan fingerprint density at radius 3 is 2.92 bits per heavy atom. The van der Waals surface area contributed by atoms with Crippen molar-refractivity contribution in [3.63, 3.8) is 0 Å². The molecule has 0 aromatic rings. The predicted molar refractivity (Wildman–Crippen MR) is 61.3 cm³/mol. The zero-order valence-electron chi connectivity index (χ0n) is 7.92. The Labute approximate surface area is 88.4 Å². The molecule has 0 aromatic heterocycles. The number of alkyl halides is 1. The van der Waals surface area contributed by atoms with Crippen LogP contribution >= 0.6 is 27.7 Å². The van der Waals surface area contributed by atoms with Crippen LogP contribution in [0.3, 0.4) is 0 Å². The maximum Gasteiger partial charge on any atom is 0.0299 e. The summed E-state index contributed by atoms with van der Waals surface area (Å²) < 4.78 is 0. The van der Waals surface area contributed by atoms with Gasteiger partial charge in [0.05, 0.1) is 0 Å². The van der Waals surface area contributed by atoms with Crippen LogP contribution in [0.2, 0.25) is 0 Å². The Kier molecular flexibility index (Phi) is 4.99. The van der Waals surface area contributed by atoms with Crippen LogP contribution in [0.4, 0.5) is 0 Å². The molecule has 0 bridgehead atoms. The fraction of sp³-hybridized carbons (Fsp3) is 1.00. The molecule has 0 N–H and O–H groups in total. The van der Waals surface area contributed by atoms with Gasteiger partial charge in [-0.05, 0) is 25.1 Å². The lowest BCUT2D eigenvalue weighted by molar-refractivity contribution is 0.212. The fourth-order valence-corrected chi connectivity index (χ4v) is 2.62. The molecule has 0 aromatic carbocycles. The van der Waals surface area contributed by atoms with Crippen molar-refractivity contribution in [1.29, 1.82) is 0 Å². The number of thioether (sulfide) groups is 1. The molecule has 0 amide bonds. The van der Waals surface area contributed by atoms with E-state index in [9.17, 15) is 0 Å². The molecule has 0 saturated carbocycles. The standard InChI is InChI=1S/C9H18BrNS/c1-8-3-4-11(5-6-12-2)7-9(8)10/h8-9H,3-7H2,1-2H3. The largest absolute Gasteiger partial charge is 0.301 e. The van der Waals surface area contributed by atoms with E-state index in [0.29, 0.717) is 4.83 Å². The molecule has 3 heteroatoms. The molecule has 1 rings (SSSR count). The van der Waals surface area contributed by atoms with Gasteiger partial charge in [0, 0.05) is 23.7 Å². The van der Waals surface area contributed by atoms with Crippen molar-refractivity contribution in [2.75, 3.05) is 31.6 Å². The molecule has 1 aliphatic rings. The summed E-state index contributed by atoms with van der Waals surface area (Å²) in [4.78, 5) is 3.28. The third kappa shape index (κ3) is 3.27. The molecule has 2 atom stereocenters. The van der Waals surface area contributed by atoms with Gasteiger partial charge in [-0.15, -0.1) is 0 Å². The second-order valence-electron chi connectivity index (χ2n) is 3.58. The topological polar surface area (TPSA) is 3.24 Å². The van der Waals surface area contributed by atoms with Gasteiger partial charge in [-0.25, -0.2) is 0 Å². The van der Waals surface area contributed by atoms with Crippen LogP contribution in [0.1, 0.15) is 13.3 Å². The van der Waals surface area contributed by atoms with E-state index < -0.39 is 0 Å². The summed E-state index contributed by atoms with van der Waals surface area (Å²) in [5, 5.41) is 0. The first kappa shape index (κ1) is 10.9. The van der Waals surface area contributed by atoms with Crippen LogP contribution in [0.15, 0.2) is 0 Å². The van der Waals surface area contributed by atoms with Crippen molar-refractivity contribution in [3.05, 3.63) is 0 Å². The summed E-state index contributed by atoms with van der Waals surface area (Å²) >= 11 is 5.68. The maximum absolute atomic E-state index is 3.74. The Bertz CT molecular complexity index is 130. The normalized spacial score (nSPS) is 32.2. The first-order valence-electron chi connectivity index (χ1n) is 4.59. The quantitative estimate of drug-likeness (QED) is 0.710. The Hall–Kier alpha value is 0.790. The van der Waals surface area contributed by atoms with Crippen molar-refractivity contribution in [3.8, 4) is 0 Å². The fourth-order valence-electron chi connectivity index (χ4n) is 1.51. The average Bonchev–Trinajstić information content (AvgIpc) is 2.07. The van der Waals surface area contributed by atoms with Crippen LogP contribution in [0.5, 0.6) is 0 Å². The molecule has 1 heterocycles. The predicted octanol–water partition coefficient (Wildman–Crippen LogP) is 2.45. The zero-order valence-corrected chi connectivity index (χ0v) is 10.3. The van der Waals surface area contributed by atoms with Gasteiger partial charge in [0.1, 0.15) is 0 Å². The van der Waals surface area contributed by atoms with Crippen molar-refractivity contribution >= 4 is 27.7 Å². The number of nitrogens with zero attached hydrogens (tertiary/aromatic N) is 1. The van der Waals surface area contributed by atoms with E-state index in [0.717, 1.165) is 5.92 Å². The number of hydrogen-bond acceptors (Lipinski definition) is 2. The van der Waals surface area contributed by atoms with E-state index in [1.807, 2.05) is 11.8 Å². The highest BCUT2D eigenvalue weighted by molar-refractivity contribution is 9.09. The van der Waals surface area contributed by atoms with Crippen LogP contribution in [-0.4, -0.2) is 41.4 Å². The SMILES string of the molecule is CSCCN1CCC(C)C(Br)C1. The van der Waals surface area contributed by atoms with Gasteiger partial charge in [-0.3, -0.25) is 0 Å². The van der Waals surface area contributed by atoms with Gasteiger partial charge in [0.25, 0.3) is 0 Å². The highest BCUT2D eigenvalue weighted by atomic mass is 79.9. The molecule has 1 saturated heterocycles. The van der Waals surface area contributed by atoms with Gasteiger partial charge in [-0.2, -0.15) is 11.8 Å². The third-order valence-electron chi connectivity index (χ3n) is 2.56. The Balaban J connectivity index is 2.21. The average molecular weight is 252 g/mol. The minimum atomic E-state index is 0.716. The van der Waals surface area contributed by atoms with Gasteiger partial charge in [0.2, 0.25) is 0 Å². The van der Waals surface area contributed by atoms with Gasteiger partial charge in [0.15, 0.2) is 0 Å². The van der Waals surface area contributed by atoms with Gasteiger partial charge >= 0.3 is 0 Å². The van der Waals surface area contributed by atoms with Crippen LogP contribution in [-0.2, 0) is 0 Å². The van der Waals surface area contributed by atoms with E-state index in [4.69, 9.17) is 0 Å². The van der Waals surface area contributed by atoms with E-state index >= 15 is 0 Å². The summed E-state index contributed by atoms with van der Waals surface area (Å²) in [5.74, 6) is 2.13. The van der Waals surface area contributed by atoms with Crippen LogP contribution in [0.25, 0.3) is 0 Å². The highest BCUT2D eigenvalue weighted by Gasteiger charge is 2.23. The molecule has 1 fully saturated rings. The third-order valence-corrected chi connectivity index (χ3v) is 4.35. The second-order valence-corrected chi connectivity index (χ2v) is 5.74. The van der Waals surface area contributed by atoms with E-state index in [1.165, 1.54) is 31.8 Å². The first-order chi connectivity index (χ1) is 5.74. The van der Waals surface area contributed by atoms with Crippen molar-refractivity contribution < 1.29 is 0 Å². The molecule has 1 aliphatic heterocycles. The molecule has 2 unspecified atom stereocenters. The molecule has 0 radical (unpaired) electrons. The summed E-state index contributed by atoms with van der Waals surface area (Å²) in [7, 11) is 0. The number of rotatable bonds is 3. The summed E-state index contributed by atoms with van der Waals surface area (Å²) in [6.45, 7) is 6.13. The Morgan fingerprint density at radius 2 is 2.33 bits per heavy atom. The lowest BCUT2D eigenvalue weighted by Crippen LogP contribution is -2.41. The maximum atomic E-state index is 3.74. The molecule has 72 valence electrons. The van der Waals surface area contributed by atoms with Crippen molar-refractivity contribution in [1.82, 2.24) is 4.90 Å². The van der Waals surface area contributed by atoms with Crippen LogP contribution < -0.4 is 0 Å². The number of likely N-dealkylation sites (tertiary alicyclic amines) is 1. The smallest absolute Gasteiger partial charge is 0.0299 e.